The highest BCUT2D eigenvalue weighted by Crippen LogP contribution is 2.33. The van der Waals surface area contributed by atoms with Gasteiger partial charge >= 0.3 is 0 Å². The first-order chi connectivity index (χ1) is 7.59. The van der Waals surface area contributed by atoms with Crippen molar-refractivity contribution in [3.8, 4) is 0 Å². The molecule has 0 saturated heterocycles. The van der Waals surface area contributed by atoms with Crippen LogP contribution in [0.2, 0.25) is 5.02 Å². The van der Waals surface area contributed by atoms with Gasteiger partial charge in [-0.25, -0.2) is 0 Å². The van der Waals surface area contributed by atoms with Gasteiger partial charge in [-0.1, -0.05) is 17.7 Å². The summed E-state index contributed by atoms with van der Waals surface area (Å²) in [4.78, 5) is 0. The van der Waals surface area contributed by atoms with E-state index in [9.17, 15) is 0 Å². The summed E-state index contributed by atoms with van der Waals surface area (Å²) in [6, 6.07) is 5.85. The van der Waals surface area contributed by atoms with Crippen LogP contribution < -0.4 is 0 Å². The maximum Gasteiger partial charge on any atom is 0.0952 e. The van der Waals surface area contributed by atoms with E-state index < -0.39 is 0 Å². The Morgan fingerprint density at radius 1 is 1.19 bits per heavy atom. The zero-order chi connectivity index (χ0) is 11.7. The molecule has 3 heteroatoms. The summed E-state index contributed by atoms with van der Waals surface area (Å²) in [5.74, 6) is 0. The summed E-state index contributed by atoms with van der Waals surface area (Å²) >= 11 is 12.5. The molecular formula is C13H12Cl2O. The average Bonchev–Trinajstić information content (AvgIpc) is 2.75. The molecule has 0 saturated carbocycles. The first kappa shape index (κ1) is 11.6. The third-order valence-corrected chi connectivity index (χ3v) is 3.55. The number of aryl methyl sites for hydroxylation is 2. The fraction of sp³-hybridized carbons (Fsp3) is 0.231. The van der Waals surface area contributed by atoms with Crippen LogP contribution in [0.25, 0.3) is 0 Å². The maximum atomic E-state index is 6.40. The monoisotopic (exact) mass is 254 g/mol. The summed E-state index contributed by atoms with van der Waals surface area (Å²) in [5.41, 5.74) is 4.17. The Balaban J connectivity index is 2.44. The lowest BCUT2D eigenvalue weighted by molar-refractivity contribution is 0.564. The lowest BCUT2D eigenvalue weighted by atomic mass is 9.99. The number of rotatable bonds is 2. The van der Waals surface area contributed by atoms with Crippen molar-refractivity contribution in [3.05, 3.63) is 58.0 Å². The highest BCUT2D eigenvalue weighted by Gasteiger charge is 2.15. The van der Waals surface area contributed by atoms with Gasteiger partial charge in [-0.3, -0.25) is 0 Å². The number of alkyl halides is 1. The Morgan fingerprint density at radius 2 is 1.94 bits per heavy atom. The summed E-state index contributed by atoms with van der Waals surface area (Å²) < 4.78 is 5.04. The van der Waals surface area contributed by atoms with E-state index in [1.165, 1.54) is 0 Å². The zero-order valence-electron chi connectivity index (χ0n) is 9.13. The van der Waals surface area contributed by atoms with E-state index in [0.717, 1.165) is 27.3 Å². The first-order valence-electron chi connectivity index (χ1n) is 5.02. The van der Waals surface area contributed by atoms with E-state index in [1.807, 2.05) is 32.0 Å². The minimum atomic E-state index is -0.185. The van der Waals surface area contributed by atoms with Crippen LogP contribution >= 0.6 is 23.2 Å². The van der Waals surface area contributed by atoms with Gasteiger partial charge in [-0.05, 0) is 42.7 Å². The first-order valence-corrected chi connectivity index (χ1v) is 5.84. The van der Waals surface area contributed by atoms with Crippen LogP contribution in [0.4, 0.5) is 0 Å². The SMILES string of the molecule is Cc1cc(C(Cl)c2ccoc2)c(C)cc1Cl. The van der Waals surface area contributed by atoms with Crippen LogP contribution in [0, 0.1) is 13.8 Å². The van der Waals surface area contributed by atoms with Gasteiger partial charge in [0.1, 0.15) is 0 Å². The van der Waals surface area contributed by atoms with E-state index in [0.29, 0.717) is 0 Å². The fourth-order valence-corrected chi connectivity index (χ4v) is 2.25. The van der Waals surface area contributed by atoms with Crippen molar-refractivity contribution in [1.82, 2.24) is 0 Å². The molecule has 1 nitrogen and oxygen atoms in total. The molecule has 1 atom stereocenters. The molecule has 1 aromatic carbocycles. The van der Waals surface area contributed by atoms with E-state index in [1.54, 1.807) is 12.5 Å². The quantitative estimate of drug-likeness (QED) is 0.697. The van der Waals surface area contributed by atoms with Crippen molar-refractivity contribution in [1.29, 1.82) is 0 Å². The minimum Gasteiger partial charge on any atom is -0.472 e. The summed E-state index contributed by atoms with van der Waals surface area (Å²) in [6.07, 6.45) is 3.30. The molecule has 0 spiro atoms. The van der Waals surface area contributed by atoms with Crippen LogP contribution in [0.15, 0.2) is 35.1 Å². The Hall–Kier alpha value is -0.920. The molecule has 0 aliphatic heterocycles. The predicted octanol–water partition coefficient (Wildman–Crippen LogP) is 4.88. The molecule has 2 rings (SSSR count). The number of hydrogen-bond acceptors (Lipinski definition) is 1. The van der Waals surface area contributed by atoms with Gasteiger partial charge in [0.2, 0.25) is 0 Å². The van der Waals surface area contributed by atoms with Crippen molar-refractivity contribution in [2.45, 2.75) is 19.2 Å². The molecule has 1 aromatic heterocycles. The van der Waals surface area contributed by atoms with Crippen molar-refractivity contribution in [2.24, 2.45) is 0 Å². The minimum absolute atomic E-state index is 0.185. The molecular weight excluding hydrogens is 243 g/mol. The second-order valence-electron chi connectivity index (χ2n) is 3.88. The normalized spacial score (nSPS) is 12.8. The van der Waals surface area contributed by atoms with Gasteiger partial charge in [0, 0.05) is 10.6 Å². The molecule has 0 aliphatic rings. The Labute approximate surface area is 105 Å². The summed E-state index contributed by atoms with van der Waals surface area (Å²) in [7, 11) is 0. The van der Waals surface area contributed by atoms with Gasteiger partial charge in [-0.15, -0.1) is 11.6 Å². The molecule has 1 unspecified atom stereocenters. The molecule has 2 aromatic rings. The van der Waals surface area contributed by atoms with E-state index in [-0.39, 0.29) is 5.38 Å². The standard InChI is InChI=1S/C13H12Cl2O/c1-8-6-12(14)9(2)5-11(8)13(15)10-3-4-16-7-10/h3-7,13H,1-2H3. The molecule has 0 fully saturated rings. The van der Waals surface area contributed by atoms with Gasteiger partial charge in [-0.2, -0.15) is 0 Å². The number of benzene rings is 1. The van der Waals surface area contributed by atoms with E-state index >= 15 is 0 Å². The Bertz CT molecular complexity index is 489. The Kier molecular flexibility index (Phi) is 3.27. The van der Waals surface area contributed by atoms with Crippen LogP contribution in [0.5, 0.6) is 0 Å². The number of halogens is 2. The van der Waals surface area contributed by atoms with Crippen LogP contribution in [-0.4, -0.2) is 0 Å². The molecule has 0 radical (unpaired) electrons. The molecule has 0 N–H and O–H groups in total. The molecule has 0 amide bonds. The zero-order valence-corrected chi connectivity index (χ0v) is 10.6. The van der Waals surface area contributed by atoms with Crippen molar-refractivity contribution in [3.63, 3.8) is 0 Å². The topological polar surface area (TPSA) is 13.1 Å². The number of furan rings is 1. The smallest absolute Gasteiger partial charge is 0.0952 e. The van der Waals surface area contributed by atoms with E-state index in [4.69, 9.17) is 27.6 Å². The highest BCUT2D eigenvalue weighted by atomic mass is 35.5. The highest BCUT2D eigenvalue weighted by molar-refractivity contribution is 6.31. The van der Waals surface area contributed by atoms with Crippen LogP contribution in [0.1, 0.15) is 27.6 Å². The van der Waals surface area contributed by atoms with Gasteiger partial charge in [0.25, 0.3) is 0 Å². The van der Waals surface area contributed by atoms with Crippen molar-refractivity contribution >= 4 is 23.2 Å². The molecule has 0 bridgehead atoms. The van der Waals surface area contributed by atoms with Gasteiger partial charge in [0.05, 0.1) is 17.9 Å². The number of hydrogen-bond donors (Lipinski definition) is 0. The van der Waals surface area contributed by atoms with Gasteiger partial charge in [0.15, 0.2) is 0 Å². The summed E-state index contributed by atoms with van der Waals surface area (Å²) in [5, 5.41) is 0.590. The lowest BCUT2D eigenvalue weighted by Gasteiger charge is -2.13. The third-order valence-electron chi connectivity index (χ3n) is 2.66. The van der Waals surface area contributed by atoms with Crippen LogP contribution in [0.3, 0.4) is 0 Å². The molecule has 84 valence electrons. The average molecular weight is 255 g/mol. The third kappa shape index (κ3) is 2.11. The van der Waals surface area contributed by atoms with Crippen molar-refractivity contribution in [2.75, 3.05) is 0 Å². The maximum absolute atomic E-state index is 6.40. The fourth-order valence-electron chi connectivity index (χ4n) is 1.68. The second kappa shape index (κ2) is 4.52. The largest absolute Gasteiger partial charge is 0.472 e. The van der Waals surface area contributed by atoms with Gasteiger partial charge < -0.3 is 4.42 Å². The summed E-state index contributed by atoms with van der Waals surface area (Å²) in [6.45, 7) is 3.99. The Morgan fingerprint density at radius 3 is 2.56 bits per heavy atom. The van der Waals surface area contributed by atoms with E-state index in [2.05, 4.69) is 0 Å². The molecule has 16 heavy (non-hydrogen) atoms. The lowest BCUT2D eigenvalue weighted by Crippen LogP contribution is -1.96. The molecule has 1 heterocycles. The van der Waals surface area contributed by atoms with Crippen molar-refractivity contribution < 1.29 is 4.42 Å². The second-order valence-corrected chi connectivity index (χ2v) is 4.72. The predicted molar refractivity (Wildman–Crippen MR) is 67.3 cm³/mol. The molecule has 0 aliphatic carbocycles. The van der Waals surface area contributed by atoms with Crippen LogP contribution in [-0.2, 0) is 0 Å².